The number of rotatable bonds is 5. The van der Waals surface area contributed by atoms with E-state index in [1.165, 1.54) is 0 Å². The average Bonchev–Trinajstić information content (AvgIpc) is 2.56. The highest BCUT2D eigenvalue weighted by molar-refractivity contribution is 6.07. The fourth-order valence-corrected chi connectivity index (χ4v) is 1.90. The number of ether oxygens (including phenoxy) is 1. The number of hydrogen-bond donors (Lipinski definition) is 2. The number of pyridine rings is 1. The number of nitrogens with one attached hydrogen (secondary N) is 1. The molecule has 1 heterocycles. The van der Waals surface area contributed by atoms with Crippen LogP contribution in [-0.2, 0) is 4.79 Å². The zero-order valence-corrected chi connectivity index (χ0v) is 15.0. The highest BCUT2D eigenvalue weighted by atomic mass is 16.5. The van der Waals surface area contributed by atoms with Gasteiger partial charge in [-0.2, -0.15) is 4.99 Å². The van der Waals surface area contributed by atoms with Gasteiger partial charge in [0.05, 0.1) is 6.42 Å². The molecule has 0 aliphatic rings. The molecule has 0 atom stereocenters. The summed E-state index contributed by atoms with van der Waals surface area (Å²) in [7, 11) is 0. The minimum Gasteiger partial charge on any atom is -0.457 e. The van der Waals surface area contributed by atoms with Crippen molar-refractivity contribution in [2.45, 2.75) is 27.2 Å². The molecule has 2 aromatic rings. The van der Waals surface area contributed by atoms with Crippen LogP contribution in [0.2, 0.25) is 0 Å². The van der Waals surface area contributed by atoms with E-state index in [9.17, 15) is 9.59 Å². The van der Waals surface area contributed by atoms with Crippen molar-refractivity contribution in [2.24, 2.45) is 16.1 Å². The molecule has 0 aliphatic carbocycles. The number of hydrogen-bond acceptors (Lipinski definition) is 4. The van der Waals surface area contributed by atoms with E-state index in [1.54, 1.807) is 69.6 Å². The maximum Gasteiger partial charge on any atom is 0.347 e. The van der Waals surface area contributed by atoms with Gasteiger partial charge in [0.2, 0.25) is 0 Å². The Hall–Kier alpha value is -3.22. The molecular weight excluding hydrogens is 332 g/mol. The zero-order chi connectivity index (χ0) is 19.2. The lowest BCUT2D eigenvalue weighted by Crippen LogP contribution is -2.27. The number of amidine groups is 1. The number of aromatic nitrogens is 1. The van der Waals surface area contributed by atoms with Crippen LogP contribution in [0.15, 0.2) is 53.8 Å². The smallest absolute Gasteiger partial charge is 0.347 e. The molecule has 2 rings (SSSR count). The number of carbonyl (C=O) groups excluding carboxylic acids is 2. The number of anilines is 1. The normalized spacial score (nSPS) is 11.7. The van der Waals surface area contributed by atoms with Gasteiger partial charge in [-0.1, -0.05) is 20.8 Å². The molecule has 1 aromatic heterocycles. The van der Waals surface area contributed by atoms with Gasteiger partial charge in [-0.25, -0.2) is 4.79 Å². The first-order chi connectivity index (χ1) is 12.2. The van der Waals surface area contributed by atoms with Crippen LogP contribution in [-0.4, -0.2) is 22.6 Å². The first kappa shape index (κ1) is 19.1. The predicted molar refractivity (Wildman–Crippen MR) is 100 cm³/mol. The molecule has 2 amide bonds. The highest BCUT2D eigenvalue weighted by Gasteiger charge is 2.22. The van der Waals surface area contributed by atoms with Crippen LogP contribution in [0.1, 0.15) is 27.2 Å². The van der Waals surface area contributed by atoms with Crippen molar-refractivity contribution in [2.75, 3.05) is 5.32 Å². The van der Waals surface area contributed by atoms with Gasteiger partial charge in [0, 0.05) is 23.5 Å². The Kier molecular flexibility index (Phi) is 6.06. The Morgan fingerprint density at radius 1 is 1.08 bits per heavy atom. The fraction of sp³-hybridized carbons (Fsp3) is 0.263. The maximum absolute atomic E-state index is 11.9. The average molecular weight is 354 g/mol. The Morgan fingerprint density at radius 2 is 1.65 bits per heavy atom. The lowest BCUT2D eigenvalue weighted by molar-refractivity contribution is -0.125. The zero-order valence-electron chi connectivity index (χ0n) is 15.0. The van der Waals surface area contributed by atoms with Crippen LogP contribution in [0, 0.1) is 5.41 Å². The molecule has 136 valence electrons. The number of nitrogens with two attached hydrogens (primary N) is 1. The first-order valence-corrected chi connectivity index (χ1v) is 8.09. The highest BCUT2D eigenvalue weighted by Crippen LogP contribution is 2.22. The molecule has 7 heteroatoms. The maximum atomic E-state index is 11.9. The minimum absolute atomic E-state index is 0.0138. The monoisotopic (exact) mass is 354 g/mol. The minimum atomic E-state index is -0.632. The predicted octanol–water partition coefficient (Wildman–Crippen LogP) is 3.77. The summed E-state index contributed by atoms with van der Waals surface area (Å²) in [6, 6.07) is 9.64. The van der Waals surface area contributed by atoms with Gasteiger partial charge in [-0.05, 0) is 36.4 Å². The second-order valence-corrected chi connectivity index (χ2v) is 6.69. The van der Waals surface area contributed by atoms with Crippen molar-refractivity contribution in [3.63, 3.8) is 0 Å². The van der Waals surface area contributed by atoms with Crippen molar-refractivity contribution >= 4 is 23.3 Å². The summed E-state index contributed by atoms with van der Waals surface area (Å²) in [5, 5.41) is 2.59. The summed E-state index contributed by atoms with van der Waals surface area (Å²) < 4.78 is 5.64. The molecule has 0 bridgehead atoms. The van der Waals surface area contributed by atoms with Crippen LogP contribution in [0.5, 0.6) is 11.5 Å². The van der Waals surface area contributed by atoms with Gasteiger partial charge in [-0.15, -0.1) is 0 Å². The van der Waals surface area contributed by atoms with Gasteiger partial charge < -0.3 is 15.8 Å². The molecule has 26 heavy (non-hydrogen) atoms. The molecule has 0 spiro atoms. The summed E-state index contributed by atoms with van der Waals surface area (Å²) in [6.45, 7) is 5.37. The fourth-order valence-electron chi connectivity index (χ4n) is 1.90. The molecule has 0 saturated carbocycles. The second kappa shape index (κ2) is 8.24. The van der Waals surface area contributed by atoms with Crippen molar-refractivity contribution in [1.29, 1.82) is 0 Å². The summed E-state index contributed by atoms with van der Waals surface area (Å²) >= 11 is 0. The summed E-state index contributed by atoms with van der Waals surface area (Å²) in [4.78, 5) is 31.4. The summed E-state index contributed by atoms with van der Waals surface area (Å²) in [5.74, 6) is 1.19. The van der Waals surface area contributed by atoms with Crippen LogP contribution in [0.25, 0.3) is 0 Å². The third-order valence-electron chi connectivity index (χ3n) is 3.41. The van der Waals surface area contributed by atoms with Crippen LogP contribution >= 0.6 is 0 Å². The Labute approximate surface area is 152 Å². The molecule has 7 nitrogen and oxygen atoms in total. The van der Waals surface area contributed by atoms with E-state index in [1.807, 2.05) is 0 Å². The third kappa shape index (κ3) is 6.01. The standard InChI is InChI=1S/C19H22N4O3/c1-19(2,3)16(24)12-17(20)23-18(25)22-13-4-6-14(7-5-13)26-15-8-10-21-11-9-15/h4-11H,12H2,1-3H3,(H3,20,22,23,25). The Morgan fingerprint density at radius 3 is 2.23 bits per heavy atom. The number of amides is 2. The van der Waals surface area contributed by atoms with Crippen molar-refractivity contribution < 1.29 is 14.3 Å². The first-order valence-electron chi connectivity index (χ1n) is 8.09. The molecule has 0 fully saturated rings. The number of urea groups is 1. The van der Waals surface area contributed by atoms with E-state index in [0.717, 1.165) is 0 Å². The number of nitrogens with zero attached hydrogens (tertiary/aromatic N) is 2. The van der Waals surface area contributed by atoms with E-state index >= 15 is 0 Å². The van der Waals surface area contributed by atoms with E-state index in [2.05, 4.69) is 15.3 Å². The number of carbonyl (C=O) groups is 2. The Balaban J connectivity index is 1.92. The van der Waals surface area contributed by atoms with Crippen LogP contribution in [0.4, 0.5) is 10.5 Å². The number of Topliss-reactive ketones (excluding diaryl/α,β-unsaturated/α-hetero) is 1. The van der Waals surface area contributed by atoms with Crippen molar-refractivity contribution in [1.82, 2.24) is 4.98 Å². The SMILES string of the molecule is CC(C)(C)C(=O)CC(N)=NC(=O)Nc1ccc(Oc2ccncc2)cc1. The molecule has 1 aromatic carbocycles. The van der Waals surface area contributed by atoms with Crippen molar-refractivity contribution in [3.05, 3.63) is 48.8 Å². The quantitative estimate of drug-likeness (QED) is 0.628. The van der Waals surface area contributed by atoms with Gasteiger partial charge in [0.25, 0.3) is 0 Å². The molecular formula is C19H22N4O3. The lowest BCUT2D eigenvalue weighted by Gasteiger charge is -2.15. The second-order valence-electron chi connectivity index (χ2n) is 6.69. The lowest BCUT2D eigenvalue weighted by atomic mass is 9.89. The molecule has 3 N–H and O–H groups in total. The van der Waals surface area contributed by atoms with Crippen molar-refractivity contribution in [3.8, 4) is 11.5 Å². The van der Waals surface area contributed by atoms with E-state index in [0.29, 0.717) is 17.2 Å². The van der Waals surface area contributed by atoms with E-state index in [4.69, 9.17) is 10.5 Å². The third-order valence-corrected chi connectivity index (χ3v) is 3.41. The van der Waals surface area contributed by atoms with E-state index in [-0.39, 0.29) is 18.0 Å². The molecule has 0 saturated heterocycles. The number of ketones is 1. The molecule has 0 radical (unpaired) electrons. The van der Waals surface area contributed by atoms with Gasteiger partial charge in [-0.3, -0.25) is 9.78 Å². The summed E-state index contributed by atoms with van der Waals surface area (Å²) in [5.41, 5.74) is 5.69. The molecule has 0 aliphatic heterocycles. The largest absolute Gasteiger partial charge is 0.457 e. The van der Waals surface area contributed by atoms with E-state index < -0.39 is 11.4 Å². The van der Waals surface area contributed by atoms with Gasteiger partial charge in [0.15, 0.2) is 0 Å². The van der Waals surface area contributed by atoms with Gasteiger partial charge in [0.1, 0.15) is 23.1 Å². The Bertz CT molecular complexity index is 794. The van der Waals surface area contributed by atoms with Gasteiger partial charge >= 0.3 is 6.03 Å². The summed E-state index contributed by atoms with van der Waals surface area (Å²) in [6.07, 6.45) is 3.21. The van der Waals surface area contributed by atoms with Crippen LogP contribution < -0.4 is 15.8 Å². The topological polar surface area (TPSA) is 107 Å². The molecule has 0 unspecified atom stereocenters. The number of aliphatic imine (C=N–C) groups is 1. The van der Waals surface area contributed by atoms with Crippen LogP contribution in [0.3, 0.4) is 0 Å². The number of benzene rings is 1.